The molecule has 1 aromatic heterocycles. The highest BCUT2D eigenvalue weighted by molar-refractivity contribution is 5.77. The van der Waals surface area contributed by atoms with Crippen molar-refractivity contribution in [2.75, 3.05) is 0 Å². The standard InChI is InChI=1S/C13H12N2O/c1-10(16)9-13-14-8-7-12(15-13)11-5-3-2-4-6-11/h2-8H,9H2,1H3. The summed E-state index contributed by atoms with van der Waals surface area (Å²) in [6.45, 7) is 1.54. The topological polar surface area (TPSA) is 42.9 Å². The van der Waals surface area contributed by atoms with Crippen LogP contribution >= 0.6 is 0 Å². The van der Waals surface area contributed by atoms with Crippen LogP contribution in [0.4, 0.5) is 0 Å². The highest BCUT2D eigenvalue weighted by atomic mass is 16.1. The maximum atomic E-state index is 11.0. The molecular formula is C13H12N2O. The summed E-state index contributed by atoms with van der Waals surface area (Å²) in [5.41, 5.74) is 1.89. The first-order valence-electron chi connectivity index (χ1n) is 5.12. The quantitative estimate of drug-likeness (QED) is 0.783. The van der Waals surface area contributed by atoms with Gasteiger partial charge in [0, 0.05) is 11.8 Å². The van der Waals surface area contributed by atoms with Crippen molar-refractivity contribution in [3.8, 4) is 11.3 Å². The van der Waals surface area contributed by atoms with Crippen LogP contribution in [0.15, 0.2) is 42.6 Å². The number of hydrogen-bond donors (Lipinski definition) is 0. The van der Waals surface area contributed by atoms with Gasteiger partial charge in [-0.15, -0.1) is 0 Å². The molecule has 0 bridgehead atoms. The molecule has 3 nitrogen and oxygen atoms in total. The normalized spacial score (nSPS) is 10.1. The molecule has 0 aliphatic rings. The van der Waals surface area contributed by atoms with Gasteiger partial charge in [0.15, 0.2) is 0 Å². The molecule has 2 rings (SSSR count). The number of nitrogens with zero attached hydrogens (tertiary/aromatic N) is 2. The van der Waals surface area contributed by atoms with Crippen molar-refractivity contribution in [3.05, 3.63) is 48.4 Å². The Kier molecular flexibility index (Phi) is 3.05. The van der Waals surface area contributed by atoms with Crippen LogP contribution in [0, 0.1) is 0 Å². The summed E-state index contributed by atoms with van der Waals surface area (Å²) in [5, 5.41) is 0. The second kappa shape index (κ2) is 4.66. The Balaban J connectivity index is 2.33. The van der Waals surface area contributed by atoms with Gasteiger partial charge in [-0.05, 0) is 13.0 Å². The van der Waals surface area contributed by atoms with Crippen molar-refractivity contribution in [1.82, 2.24) is 9.97 Å². The predicted molar refractivity (Wildman–Crippen MR) is 61.9 cm³/mol. The molecule has 0 fully saturated rings. The molecule has 3 heteroatoms. The van der Waals surface area contributed by atoms with Gasteiger partial charge < -0.3 is 0 Å². The largest absolute Gasteiger partial charge is 0.300 e. The molecule has 0 atom stereocenters. The van der Waals surface area contributed by atoms with Crippen LogP contribution in [0.1, 0.15) is 12.7 Å². The molecule has 2 aromatic rings. The summed E-state index contributed by atoms with van der Waals surface area (Å²) in [4.78, 5) is 19.4. The molecule has 16 heavy (non-hydrogen) atoms. The van der Waals surface area contributed by atoms with E-state index < -0.39 is 0 Å². The third kappa shape index (κ3) is 2.51. The van der Waals surface area contributed by atoms with E-state index in [0.717, 1.165) is 11.3 Å². The zero-order valence-corrected chi connectivity index (χ0v) is 9.05. The molecule has 0 amide bonds. The lowest BCUT2D eigenvalue weighted by molar-refractivity contribution is -0.116. The summed E-state index contributed by atoms with van der Waals surface area (Å²) in [6, 6.07) is 11.7. The van der Waals surface area contributed by atoms with E-state index in [0.29, 0.717) is 12.2 Å². The number of aromatic nitrogens is 2. The first kappa shape index (κ1) is 10.5. The van der Waals surface area contributed by atoms with Crippen molar-refractivity contribution >= 4 is 5.78 Å². The van der Waals surface area contributed by atoms with Crippen LogP contribution in [0.5, 0.6) is 0 Å². The Labute approximate surface area is 94.2 Å². The van der Waals surface area contributed by atoms with Gasteiger partial charge in [0.05, 0.1) is 12.1 Å². The van der Waals surface area contributed by atoms with Crippen LogP contribution in [-0.4, -0.2) is 15.8 Å². The van der Waals surface area contributed by atoms with Crippen molar-refractivity contribution in [2.24, 2.45) is 0 Å². The molecule has 0 N–H and O–H groups in total. The van der Waals surface area contributed by atoms with Crippen LogP contribution in [0.2, 0.25) is 0 Å². The highest BCUT2D eigenvalue weighted by Gasteiger charge is 2.03. The summed E-state index contributed by atoms with van der Waals surface area (Å²) >= 11 is 0. The molecule has 0 aliphatic carbocycles. The van der Waals surface area contributed by atoms with Gasteiger partial charge in [-0.1, -0.05) is 30.3 Å². The van der Waals surface area contributed by atoms with Gasteiger partial charge in [0.25, 0.3) is 0 Å². The lowest BCUT2D eigenvalue weighted by Gasteiger charge is -2.02. The predicted octanol–water partition coefficient (Wildman–Crippen LogP) is 2.28. The molecular weight excluding hydrogens is 200 g/mol. The van der Waals surface area contributed by atoms with Crippen LogP contribution in [0.3, 0.4) is 0 Å². The third-order valence-electron chi connectivity index (χ3n) is 2.18. The van der Waals surface area contributed by atoms with E-state index in [4.69, 9.17) is 0 Å². The van der Waals surface area contributed by atoms with Gasteiger partial charge in [0.2, 0.25) is 0 Å². The van der Waals surface area contributed by atoms with Gasteiger partial charge in [0.1, 0.15) is 11.6 Å². The molecule has 0 aliphatic heterocycles. The Hall–Kier alpha value is -2.03. The Morgan fingerprint density at radius 3 is 2.62 bits per heavy atom. The summed E-state index contributed by atoms with van der Waals surface area (Å²) in [7, 11) is 0. The molecule has 0 saturated carbocycles. The van der Waals surface area contributed by atoms with Gasteiger partial charge in [-0.2, -0.15) is 0 Å². The minimum absolute atomic E-state index is 0.0743. The van der Waals surface area contributed by atoms with Gasteiger partial charge in [-0.25, -0.2) is 9.97 Å². The third-order valence-corrected chi connectivity index (χ3v) is 2.18. The smallest absolute Gasteiger partial charge is 0.137 e. The van der Waals surface area contributed by atoms with Crippen molar-refractivity contribution < 1.29 is 4.79 Å². The Bertz CT molecular complexity index is 494. The minimum atomic E-state index is 0.0743. The number of carbonyl (C=O) groups is 1. The highest BCUT2D eigenvalue weighted by Crippen LogP contribution is 2.15. The molecule has 0 unspecified atom stereocenters. The first-order chi connectivity index (χ1) is 7.75. The molecule has 1 heterocycles. The average molecular weight is 212 g/mol. The summed E-state index contributed by atoms with van der Waals surface area (Å²) < 4.78 is 0. The molecule has 1 aromatic carbocycles. The fourth-order valence-electron chi connectivity index (χ4n) is 1.48. The Morgan fingerprint density at radius 2 is 1.94 bits per heavy atom. The zero-order valence-electron chi connectivity index (χ0n) is 9.05. The zero-order chi connectivity index (χ0) is 11.4. The SMILES string of the molecule is CC(=O)Cc1nccc(-c2ccccc2)n1. The van der Waals surface area contributed by atoms with E-state index in [1.54, 1.807) is 13.1 Å². The lowest BCUT2D eigenvalue weighted by atomic mass is 10.1. The Morgan fingerprint density at radius 1 is 1.19 bits per heavy atom. The van der Waals surface area contributed by atoms with Crippen LogP contribution in [-0.2, 0) is 11.2 Å². The summed E-state index contributed by atoms with van der Waals surface area (Å²) in [5.74, 6) is 0.652. The molecule has 0 spiro atoms. The van der Waals surface area contributed by atoms with E-state index in [-0.39, 0.29) is 5.78 Å². The van der Waals surface area contributed by atoms with E-state index >= 15 is 0 Å². The monoisotopic (exact) mass is 212 g/mol. The van der Waals surface area contributed by atoms with Gasteiger partial charge >= 0.3 is 0 Å². The second-order valence-electron chi connectivity index (χ2n) is 3.60. The molecule has 0 saturated heterocycles. The number of benzene rings is 1. The van der Waals surface area contributed by atoms with Gasteiger partial charge in [-0.3, -0.25) is 4.79 Å². The minimum Gasteiger partial charge on any atom is -0.300 e. The summed E-state index contributed by atoms with van der Waals surface area (Å²) in [6.07, 6.45) is 1.98. The van der Waals surface area contributed by atoms with E-state index in [1.807, 2.05) is 36.4 Å². The number of rotatable bonds is 3. The average Bonchev–Trinajstić information content (AvgIpc) is 2.30. The van der Waals surface area contributed by atoms with Crippen molar-refractivity contribution in [2.45, 2.75) is 13.3 Å². The maximum absolute atomic E-state index is 11.0. The fraction of sp³-hybridized carbons (Fsp3) is 0.154. The van der Waals surface area contributed by atoms with E-state index in [1.165, 1.54) is 0 Å². The lowest BCUT2D eigenvalue weighted by Crippen LogP contribution is -2.02. The number of hydrogen-bond acceptors (Lipinski definition) is 3. The van der Waals surface area contributed by atoms with Crippen LogP contribution in [0.25, 0.3) is 11.3 Å². The molecule has 0 radical (unpaired) electrons. The first-order valence-corrected chi connectivity index (χ1v) is 5.12. The van der Waals surface area contributed by atoms with Crippen LogP contribution < -0.4 is 0 Å². The van der Waals surface area contributed by atoms with Crippen molar-refractivity contribution in [3.63, 3.8) is 0 Å². The fourth-order valence-corrected chi connectivity index (χ4v) is 1.48. The second-order valence-corrected chi connectivity index (χ2v) is 3.60. The number of ketones is 1. The maximum Gasteiger partial charge on any atom is 0.137 e. The van der Waals surface area contributed by atoms with E-state index in [2.05, 4.69) is 9.97 Å². The molecule has 80 valence electrons. The van der Waals surface area contributed by atoms with E-state index in [9.17, 15) is 4.79 Å². The van der Waals surface area contributed by atoms with Crippen molar-refractivity contribution in [1.29, 1.82) is 0 Å². The number of Topliss-reactive ketones (excluding diaryl/α,β-unsaturated/α-hetero) is 1. The number of carbonyl (C=O) groups excluding carboxylic acids is 1.